The summed E-state index contributed by atoms with van der Waals surface area (Å²) < 4.78 is 6.52. The van der Waals surface area contributed by atoms with Crippen molar-refractivity contribution < 1.29 is 24.9 Å². The van der Waals surface area contributed by atoms with E-state index in [0.717, 1.165) is 0 Å². The molecule has 0 spiro atoms. The second-order valence-corrected chi connectivity index (χ2v) is 5.42. The predicted octanol–water partition coefficient (Wildman–Crippen LogP) is -3.47. The number of nitrogen functional groups attached to an aromatic ring is 1. The smallest absolute Gasteiger partial charge is 0.280 e. The summed E-state index contributed by atoms with van der Waals surface area (Å²) in [5.41, 5.74) is 10.1. The zero-order chi connectivity index (χ0) is 18.6. The molecule has 11 nitrogen and oxygen atoms in total. The number of nitrogens with two attached hydrogens (primary N) is 2. The van der Waals surface area contributed by atoms with Crippen LogP contribution in [-0.2, 0) is 9.53 Å². The topological polar surface area (TPSA) is 186 Å². The van der Waals surface area contributed by atoms with Crippen LogP contribution in [0.5, 0.6) is 0 Å². The number of nitrogens with zero attached hydrogens (tertiary/aromatic N) is 2. The number of aliphatic hydroxyl groups excluding tert-OH is 3. The SMILES string of the molecule is NCCNC(=O)C=Cn1cc(C2OC(CO)C(O)C2O)c(=O)nc1N. The van der Waals surface area contributed by atoms with Crippen LogP contribution in [0.4, 0.5) is 5.95 Å². The highest BCUT2D eigenvalue weighted by Crippen LogP contribution is 2.31. The molecule has 0 bridgehead atoms. The van der Waals surface area contributed by atoms with Gasteiger partial charge < -0.3 is 36.8 Å². The van der Waals surface area contributed by atoms with Gasteiger partial charge in [0.25, 0.3) is 5.56 Å². The van der Waals surface area contributed by atoms with Crippen molar-refractivity contribution in [2.75, 3.05) is 25.4 Å². The number of rotatable bonds is 6. The maximum Gasteiger partial charge on any atom is 0.280 e. The summed E-state index contributed by atoms with van der Waals surface area (Å²) >= 11 is 0. The third-order valence-electron chi connectivity index (χ3n) is 3.68. The van der Waals surface area contributed by atoms with Gasteiger partial charge in [0, 0.05) is 31.6 Å². The van der Waals surface area contributed by atoms with Gasteiger partial charge in [0.15, 0.2) is 0 Å². The summed E-state index contributed by atoms with van der Waals surface area (Å²) in [6.07, 6.45) is -1.28. The summed E-state index contributed by atoms with van der Waals surface area (Å²) in [6, 6.07) is 0. The maximum atomic E-state index is 12.0. The van der Waals surface area contributed by atoms with Crippen LogP contribution in [0.1, 0.15) is 11.7 Å². The molecule has 2 rings (SSSR count). The molecule has 25 heavy (non-hydrogen) atoms. The second kappa shape index (κ2) is 8.18. The molecule has 1 fully saturated rings. The van der Waals surface area contributed by atoms with Crippen molar-refractivity contribution in [1.29, 1.82) is 0 Å². The average molecular weight is 355 g/mol. The molecule has 2 heterocycles. The standard InChI is InChI=1S/C14H21N5O6/c15-2-3-17-9(21)1-4-19-5-7(13(24)18-14(19)16)12-11(23)10(22)8(6-20)25-12/h1,4-5,8,10-12,20,22-23H,2-3,6,15H2,(H,17,21)(H2,16,18,24). The highest BCUT2D eigenvalue weighted by atomic mass is 16.6. The third kappa shape index (κ3) is 4.21. The number of amides is 1. The largest absolute Gasteiger partial charge is 0.394 e. The van der Waals surface area contributed by atoms with Crippen LogP contribution in [0.3, 0.4) is 0 Å². The Morgan fingerprint density at radius 2 is 2.16 bits per heavy atom. The molecule has 0 aromatic carbocycles. The average Bonchev–Trinajstić information content (AvgIpc) is 2.87. The molecule has 1 aliphatic heterocycles. The van der Waals surface area contributed by atoms with Gasteiger partial charge in [-0.05, 0) is 0 Å². The summed E-state index contributed by atoms with van der Waals surface area (Å²) in [6.45, 7) is 0.0676. The van der Waals surface area contributed by atoms with Crippen molar-refractivity contribution in [3.8, 4) is 0 Å². The molecule has 1 amide bonds. The van der Waals surface area contributed by atoms with Crippen molar-refractivity contribution >= 4 is 18.1 Å². The molecule has 4 unspecified atom stereocenters. The molecule has 138 valence electrons. The lowest BCUT2D eigenvalue weighted by Gasteiger charge is -2.15. The van der Waals surface area contributed by atoms with Crippen molar-refractivity contribution in [3.63, 3.8) is 0 Å². The molecule has 1 aliphatic rings. The molecule has 0 aliphatic carbocycles. The van der Waals surface area contributed by atoms with Gasteiger partial charge in [-0.3, -0.25) is 14.2 Å². The fraction of sp³-hybridized carbons (Fsp3) is 0.500. The van der Waals surface area contributed by atoms with Gasteiger partial charge >= 0.3 is 0 Å². The van der Waals surface area contributed by atoms with E-state index in [9.17, 15) is 19.8 Å². The summed E-state index contributed by atoms with van der Waals surface area (Å²) in [7, 11) is 0. The van der Waals surface area contributed by atoms with Crippen LogP contribution in [-0.4, -0.2) is 68.8 Å². The minimum absolute atomic E-state index is 0.0660. The zero-order valence-corrected chi connectivity index (χ0v) is 13.3. The number of carbonyl (C=O) groups excluding carboxylic acids is 1. The molecule has 4 atom stereocenters. The van der Waals surface area contributed by atoms with Crippen molar-refractivity contribution in [2.45, 2.75) is 24.4 Å². The predicted molar refractivity (Wildman–Crippen MR) is 87.0 cm³/mol. The van der Waals surface area contributed by atoms with E-state index >= 15 is 0 Å². The Bertz CT molecular complexity index is 705. The minimum atomic E-state index is -1.42. The maximum absolute atomic E-state index is 12.0. The van der Waals surface area contributed by atoms with E-state index in [1.807, 2.05) is 0 Å². The quantitative estimate of drug-likeness (QED) is 0.282. The van der Waals surface area contributed by atoms with E-state index in [1.165, 1.54) is 23.0 Å². The number of ether oxygens (including phenoxy) is 1. The van der Waals surface area contributed by atoms with Crippen LogP contribution < -0.4 is 22.3 Å². The first kappa shape index (κ1) is 19.0. The molecular weight excluding hydrogens is 334 g/mol. The first-order valence-corrected chi connectivity index (χ1v) is 7.56. The van der Waals surface area contributed by atoms with Gasteiger partial charge in [0.2, 0.25) is 11.9 Å². The summed E-state index contributed by atoms with van der Waals surface area (Å²) in [5, 5.41) is 31.5. The van der Waals surface area contributed by atoms with Crippen molar-refractivity contribution in [2.24, 2.45) is 5.73 Å². The van der Waals surface area contributed by atoms with Gasteiger partial charge in [-0.25, -0.2) is 0 Å². The fourth-order valence-corrected chi connectivity index (χ4v) is 2.37. The first-order valence-electron chi connectivity index (χ1n) is 7.56. The van der Waals surface area contributed by atoms with E-state index < -0.39 is 42.5 Å². The van der Waals surface area contributed by atoms with E-state index in [4.69, 9.17) is 21.3 Å². The number of hydrogen-bond acceptors (Lipinski definition) is 9. The van der Waals surface area contributed by atoms with Crippen LogP contribution in [0, 0.1) is 0 Å². The fourth-order valence-electron chi connectivity index (χ4n) is 2.37. The number of hydrogen-bond donors (Lipinski definition) is 6. The van der Waals surface area contributed by atoms with Crippen LogP contribution >= 0.6 is 0 Å². The van der Waals surface area contributed by atoms with Gasteiger partial charge in [0.05, 0.1) is 12.2 Å². The lowest BCUT2D eigenvalue weighted by Crippen LogP contribution is -2.33. The van der Waals surface area contributed by atoms with Gasteiger partial charge in [-0.2, -0.15) is 4.98 Å². The Labute approximate surface area is 142 Å². The number of anilines is 1. The van der Waals surface area contributed by atoms with Crippen LogP contribution in [0.25, 0.3) is 6.20 Å². The van der Waals surface area contributed by atoms with E-state index in [1.54, 1.807) is 0 Å². The monoisotopic (exact) mass is 355 g/mol. The molecule has 11 heteroatoms. The third-order valence-corrected chi connectivity index (χ3v) is 3.68. The minimum Gasteiger partial charge on any atom is -0.394 e. The Morgan fingerprint density at radius 3 is 2.76 bits per heavy atom. The molecule has 0 saturated carbocycles. The Hall–Kier alpha value is -2.31. The molecule has 8 N–H and O–H groups in total. The van der Waals surface area contributed by atoms with Gasteiger partial charge in [-0.1, -0.05) is 0 Å². The van der Waals surface area contributed by atoms with E-state index in [2.05, 4.69) is 10.3 Å². The molecule has 1 aromatic heterocycles. The van der Waals surface area contributed by atoms with Gasteiger partial charge in [-0.15, -0.1) is 0 Å². The lowest BCUT2D eigenvalue weighted by atomic mass is 10.0. The number of aromatic nitrogens is 2. The summed E-state index contributed by atoms with van der Waals surface area (Å²) in [5.74, 6) is -0.596. The van der Waals surface area contributed by atoms with Crippen molar-refractivity contribution in [1.82, 2.24) is 14.9 Å². The zero-order valence-electron chi connectivity index (χ0n) is 13.3. The first-order chi connectivity index (χ1) is 11.9. The van der Waals surface area contributed by atoms with Crippen molar-refractivity contribution in [3.05, 3.63) is 28.2 Å². The highest BCUT2D eigenvalue weighted by Gasteiger charge is 2.44. The number of nitrogens with one attached hydrogen (secondary N) is 1. The number of aliphatic hydroxyl groups is 3. The molecule has 0 radical (unpaired) electrons. The normalized spacial score (nSPS) is 26.2. The lowest BCUT2D eigenvalue weighted by molar-refractivity contribution is -0.116. The Morgan fingerprint density at radius 1 is 1.44 bits per heavy atom. The molecular formula is C14H21N5O6. The number of carbonyl (C=O) groups is 1. The Balaban J connectivity index is 2.28. The van der Waals surface area contributed by atoms with Gasteiger partial charge in [0.1, 0.15) is 24.4 Å². The highest BCUT2D eigenvalue weighted by molar-refractivity contribution is 5.90. The van der Waals surface area contributed by atoms with Crippen LogP contribution in [0.2, 0.25) is 0 Å². The van der Waals surface area contributed by atoms with E-state index in [-0.39, 0.29) is 18.1 Å². The Kier molecular flexibility index (Phi) is 6.22. The molecule has 1 aromatic rings. The second-order valence-electron chi connectivity index (χ2n) is 5.42. The molecule has 1 saturated heterocycles. The van der Waals surface area contributed by atoms with E-state index in [0.29, 0.717) is 6.54 Å². The summed E-state index contributed by atoms with van der Waals surface area (Å²) in [4.78, 5) is 27.2. The van der Waals surface area contributed by atoms with Crippen LogP contribution in [0.15, 0.2) is 17.1 Å².